The Morgan fingerprint density at radius 3 is 2.79 bits per heavy atom. The van der Waals surface area contributed by atoms with E-state index in [9.17, 15) is 5.11 Å². The average Bonchev–Trinajstić information content (AvgIpc) is 2.67. The van der Waals surface area contributed by atoms with Crippen molar-refractivity contribution in [2.24, 2.45) is 0 Å². The fourth-order valence-electron chi connectivity index (χ4n) is 2.09. The maximum Gasteiger partial charge on any atom is 0.161 e. The third-order valence-electron chi connectivity index (χ3n) is 3.18. The molecule has 1 atom stereocenters. The lowest BCUT2D eigenvalue weighted by Gasteiger charge is -2.14. The van der Waals surface area contributed by atoms with Gasteiger partial charge in [0.05, 0.1) is 19.3 Å². The SMILES string of the molecule is CCCNCCC(O)c1ccc2c(c1)OCCCO2. The molecular formula is C15H23NO3. The van der Waals surface area contributed by atoms with Crippen molar-refractivity contribution in [3.63, 3.8) is 0 Å². The molecule has 1 aliphatic rings. The second-order valence-corrected chi connectivity index (χ2v) is 4.81. The molecule has 1 unspecified atom stereocenters. The quantitative estimate of drug-likeness (QED) is 0.775. The van der Waals surface area contributed by atoms with Gasteiger partial charge in [-0.3, -0.25) is 0 Å². The van der Waals surface area contributed by atoms with E-state index in [0.717, 1.165) is 43.0 Å². The number of hydrogen-bond donors (Lipinski definition) is 2. The number of fused-ring (bicyclic) bond motifs is 1. The summed E-state index contributed by atoms with van der Waals surface area (Å²) in [6.45, 7) is 5.31. The van der Waals surface area contributed by atoms with Crippen LogP contribution in [0.4, 0.5) is 0 Å². The fourth-order valence-corrected chi connectivity index (χ4v) is 2.09. The van der Waals surface area contributed by atoms with Gasteiger partial charge in [0.25, 0.3) is 0 Å². The molecule has 0 aromatic heterocycles. The third kappa shape index (κ3) is 4.11. The Kier molecular flexibility index (Phi) is 5.48. The van der Waals surface area contributed by atoms with Crippen LogP contribution in [-0.2, 0) is 0 Å². The molecule has 1 aromatic carbocycles. The van der Waals surface area contributed by atoms with E-state index in [-0.39, 0.29) is 0 Å². The van der Waals surface area contributed by atoms with Gasteiger partial charge in [-0.15, -0.1) is 0 Å². The maximum absolute atomic E-state index is 10.2. The lowest BCUT2D eigenvalue weighted by Crippen LogP contribution is -2.18. The van der Waals surface area contributed by atoms with Crippen molar-refractivity contribution in [3.05, 3.63) is 23.8 Å². The summed E-state index contributed by atoms with van der Waals surface area (Å²) in [6, 6.07) is 5.70. The first kappa shape index (κ1) is 14.2. The van der Waals surface area contributed by atoms with Crippen LogP contribution in [0.5, 0.6) is 11.5 Å². The minimum absolute atomic E-state index is 0.457. The highest BCUT2D eigenvalue weighted by molar-refractivity contribution is 5.44. The van der Waals surface area contributed by atoms with Gasteiger partial charge in [-0.2, -0.15) is 0 Å². The van der Waals surface area contributed by atoms with E-state index >= 15 is 0 Å². The van der Waals surface area contributed by atoms with E-state index in [2.05, 4.69) is 12.2 Å². The Morgan fingerprint density at radius 2 is 2.00 bits per heavy atom. The molecule has 0 fully saturated rings. The van der Waals surface area contributed by atoms with Crippen LogP contribution >= 0.6 is 0 Å². The van der Waals surface area contributed by atoms with Gasteiger partial charge in [0, 0.05) is 6.42 Å². The summed E-state index contributed by atoms with van der Waals surface area (Å²) in [7, 11) is 0. The van der Waals surface area contributed by atoms with Gasteiger partial charge >= 0.3 is 0 Å². The largest absolute Gasteiger partial charge is 0.490 e. The van der Waals surface area contributed by atoms with Gasteiger partial charge in [-0.1, -0.05) is 13.0 Å². The van der Waals surface area contributed by atoms with Crippen LogP contribution in [0.3, 0.4) is 0 Å². The van der Waals surface area contributed by atoms with Crippen molar-refractivity contribution in [3.8, 4) is 11.5 Å². The van der Waals surface area contributed by atoms with Gasteiger partial charge in [0.1, 0.15) is 0 Å². The fraction of sp³-hybridized carbons (Fsp3) is 0.600. The summed E-state index contributed by atoms with van der Waals surface area (Å²) in [6.07, 6.45) is 2.26. The van der Waals surface area contributed by atoms with E-state index in [4.69, 9.17) is 9.47 Å². The second-order valence-electron chi connectivity index (χ2n) is 4.81. The lowest BCUT2D eigenvalue weighted by atomic mass is 10.1. The Morgan fingerprint density at radius 1 is 1.21 bits per heavy atom. The molecular weight excluding hydrogens is 242 g/mol. The number of ether oxygens (including phenoxy) is 2. The number of rotatable bonds is 6. The molecule has 4 heteroatoms. The van der Waals surface area contributed by atoms with Crippen molar-refractivity contribution in [2.45, 2.75) is 32.3 Å². The van der Waals surface area contributed by atoms with Crippen molar-refractivity contribution >= 4 is 0 Å². The molecule has 1 aromatic rings. The minimum atomic E-state index is -0.457. The summed E-state index contributed by atoms with van der Waals surface area (Å²) in [5.41, 5.74) is 0.891. The molecule has 0 saturated carbocycles. The van der Waals surface area contributed by atoms with Crippen molar-refractivity contribution in [1.29, 1.82) is 0 Å². The zero-order valence-corrected chi connectivity index (χ0v) is 11.5. The van der Waals surface area contributed by atoms with E-state index < -0.39 is 6.10 Å². The topological polar surface area (TPSA) is 50.7 Å². The van der Waals surface area contributed by atoms with E-state index in [0.29, 0.717) is 19.6 Å². The minimum Gasteiger partial charge on any atom is -0.490 e. The molecule has 0 bridgehead atoms. The normalized spacial score (nSPS) is 15.9. The summed E-state index contributed by atoms with van der Waals surface area (Å²) in [4.78, 5) is 0. The first-order valence-corrected chi connectivity index (χ1v) is 7.09. The van der Waals surface area contributed by atoms with Crippen LogP contribution in [-0.4, -0.2) is 31.4 Å². The van der Waals surface area contributed by atoms with Crippen LogP contribution < -0.4 is 14.8 Å². The number of nitrogens with one attached hydrogen (secondary N) is 1. The maximum atomic E-state index is 10.2. The van der Waals surface area contributed by atoms with Crippen LogP contribution in [0.1, 0.15) is 37.9 Å². The monoisotopic (exact) mass is 265 g/mol. The number of benzene rings is 1. The second kappa shape index (κ2) is 7.36. The molecule has 0 aliphatic carbocycles. The van der Waals surface area contributed by atoms with Crippen molar-refractivity contribution in [1.82, 2.24) is 5.32 Å². The average molecular weight is 265 g/mol. The predicted molar refractivity (Wildman–Crippen MR) is 74.8 cm³/mol. The molecule has 19 heavy (non-hydrogen) atoms. The number of aliphatic hydroxyl groups excluding tert-OH is 1. The molecule has 1 aliphatic heterocycles. The molecule has 106 valence electrons. The van der Waals surface area contributed by atoms with Gasteiger partial charge in [0.15, 0.2) is 11.5 Å². The summed E-state index contributed by atoms with van der Waals surface area (Å²) >= 11 is 0. The summed E-state index contributed by atoms with van der Waals surface area (Å²) in [5.74, 6) is 1.52. The molecule has 0 spiro atoms. The molecule has 0 amide bonds. The van der Waals surface area contributed by atoms with Crippen LogP contribution in [0.25, 0.3) is 0 Å². The zero-order chi connectivity index (χ0) is 13.5. The number of aliphatic hydroxyl groups is 1. The summed E-state index contributed by atoms with van der Waals surface area (Å²) in [5, 5.41) is 13.4. The standard InChI is InChI=1S/C15H23NO3/c1-2-7-16-8-6-13(17)12-4-5-14-15(11-12)19-10-3-9-18-14/h4-5,11,13,16-17H,2-3,6-10H2,1H3. The van der Waals surface area contributed by atoms with Crippen molar-refractivity contribution in [2.75, 3.05) is 26.3 Å². The van der Waals surface area contributed by atoms with Gasteiger partial charge < -0.3 is 19.9 Å². The molecule has 0 radical (unpaired) electrons. The van der Waals surface area contributed by atoms with Crippen LogP contribution in [0, 0.1) is 0 Å². The Balaban J connectivity index is 1.94. The molecule has 0 saturated heterocycles. The number of hydrogen-bond acceptors (Lipinski definition) is 4. The third-order valence-corrected chi connectivity index (χ3v) is 3.18. The van der Waals surface area contributed by atoms with Crippen molar-refractivity contribution < 1.29 is 14.6 Å². The first-order chi connectivity index (χ1) is 9.31. The molecule has 2 N–H and O–H groups in total. The van der Waals surface area contributed by atoms with E-state index in [1.54, 1.807) is 0 Å². The first-order valence-electron chi connectivity index (χ1n) is 7.09. The van der Waals surface area contributed by atoms with Gasteiger partial charge in [-0.25, -0.2) is 0 Å². The molecule has 4 nitrogen and oxygen atoms in total. The molecule has 2 rings (SSSR count). The van der Waals surface area contributed by atoms with E-state index in [1.165, 1.54) is 0 Å². The van der Waals surface area contributed by atoms with E-state index in [1.807, 2.05) is 18.2 Å². The zero-order valence-electron chi connectivity index (χ0n) is 11.5. The Labute approximate surface area is 114 Å². The Hall–Kier alpha value is -1.26. The van der Waals surface area contributed by atoms with Crippen LogP contribution in [0.2, 0.25) is 0 Å². The predicted octanol–water partition coefficient (Wildman–Crippen LogP) is 2.27. The smallest absolute Gasteiger partial charge is 0.161 e. The van der Waals surface area contributed by atoms with Gasteiger partial charge in [-0.05, 0) is 43.6 Å². The molecule has 1 heterocycles. The summed E-state index contributed by atoms with van der Waals surface area (Å²) < 4.78 is 11.2. The highest BCUT2D eigenvalue weighted by Gasteiger charge is 2.14. The Bertz CT molecular complexity index is 395. The highest BCUT2D eigenvalue weighted by Crippen LogP contribution is 2.32. The highest BCUT2D eigenvalue weighted by atomic mass is 16.5. The van der Waals surface area contributed by atoms with Gasteiger partial charge in [0.2, 0.25) is 0 Å². The van der Waals surface area contributed by atoms with Crippen LogP contribution in [0.15, 0.2) is 18.2 Å². The lowest BCUT2D eigenvalue weighted by molar-refractivity contribution is 0.166.